The van der Waals surface area contributed by atoms with E-state index in [1.807, 2.05) is 7.05 Å². The predicted molar refractivity (Wildman–Crippen MR) is 27.4 cm³/mol. The van der Waals surface area contributed by atoms with Gasteiger partial charge in [0.05, 0.1) is 0 Å². The molecular weight excluding hydrogens is 92.1 g/mol. The van der Waals surface area contributed by atoms with Gasteiger partial charge in [-0.05, 0) is 6.72 Å². The molecule has 4 heteroatoms. The third-order valence-corrected chi connectivity index (χ3v) is 0.845. The van der Waals surface area contributed by atoms with Crippen molar-refractivity contribution >= 4 is 6.72 Å². The van der Waals surface area contributed by atoms with Crippen LogP contribution in [0, 0.1) is 0 Å². The van der Waals surface area contributed by atoms with Crippen LogP contribution in [0.4, 0.5) is 0 Å². The molecule has 40 valence electrons. The number of hydrogen-bond acceptors (Lipinski definition) is 4. The third kappa shape index (κ3) is 0.767. The van der Waals surface area contributed by atoms with E-state index < -0.39 is 0 Å². The van der Waals surface area contributed by atoms with Gasteiger partial charge in [0.2, 0.25) is 0 Å². The molecule has 1 aliphatic rings. The number of hydrogen-bond donors (Lipinski definition) is 2. The first-order valence-electron chi connectivity index (χ1n) is 2.07. The van der Waals surface area contributed by atoms with E-state index >= 15 is 0 Å². The SMILES string of the molecule is C=NC1NN1NC. The molecule has 4 nitrogen and oxygen atoms in total. The van der Waals surface area contributed by atoms with E-state index in [-0.39, 0.29) is 6.29 Å². The van der Waals surface area contributed by atoms with Crippen LogP contribution in [0.5, 0.6) is 0 Å². The highest BCUT2D eigenvalue weighted by atomic mass is 15.9. The van der Waals surface area contributed by atoms with Gasteiger partial charge < -0.3 is 0 Å². The molecule has 1 heterocycles. The normalized spacial score (nSPS) is 37.9. The summed E-state index contributed by atoms with van der Waals surface area (Å²) in [6.07, 6.45) is 0.102. The Morgan fingerprint density at radius 1 is 2.00 bits per heavy atom. The summed E-state index contributed by atoms with van der Waals surface area (Å²) in [6.45, 7) is 3.33. The van der Waals surface area contributed by atoms with E-state index in [0.29, 0.717) is 0 Å². The van der Waals surface area contributed by atoms with Crippen molar-refractivity contribution in [2.75, 3.05) is 7.05 Å². The summed E-state index contributed by atoms with van der Waals surface area (Å²) in [7, 11) is 1.82. The average molecular weight is 100 g/mol. The summed E-state index contributed by atoms with van der Waals surface area (Å²) >= 11 is 0. The summed E-state index contributed by atoms with van der Waals surface area (Å²) in [5.74, 6) is 0. The lowest BCUT2D eigenvalue weighted by Gasteiger charge is -1.87. The van der Waals surface area contributed by atoms with E-state index in [1.165, 1.54) is 0 Å². The summed E-state index contributed by atoms with van der Waals surface area (Å²) in [6, 6.07) is 0. The van der Waals surface area contributed by atoms with Crippen LogP contribution in [0.2, 0.25) is 0 Å². The van der Waals surface area contributed by atoms with Crippen molar-refractivity contribution in [1.82, 2.24) is 16.0 Å². The average Bonchev–Trinajstić information content (AvgIpc) is 2.43. The molecule has 0 spiro atoms. The molecule has 0 aromatic heterocycles. The largest absolute Gasteiger partial charge is 0.263 e. The molecule has 0 aromatic rings. The van der Waals surface area contributed by atoms with Gasteiger partial charge in [0.15, 0.2) is 6.29 Å². The zero-order valence-corrected chi connectivity index (χ0v) is 4.18. The Labute approximate surface area is 42.2 Å². The monoisotopic (exact) mass is 100 g/mol. The maximum absolute atomic E-state index is 3.65. The van der Waals surface area contributed by atoms with Gasteiger partial charge in [-0.15, -0.1) is 5.12 Å². The van der Waals surface area contributed by atoms with Gasteiger partial charge >= 0.3 is 0 Å². The summed E-state index contributed by atoms with van der Waals surface area (Å²) < 4.78 is 0. The minimum Gasteiger partial charge on any atom is -0.263 e. The van der Waals surface area contributed by atoms with E-state index in [1.54, 1.807) is 5.12 Å². The molecule has 2 N–H and O–H groups in total. The standard InChI is InChI=1S/C3H8N4/c1-4-3-6-7(3)5-2/h3,5-6H,1H2,2H3. The fraction of sp³-hybridized carbons (Fsp3) is 0.667. The molecule has 1 saturated heterocycles. The van der Waals surface area contributed by atoms with Gasteiger partial charge in [-0.3, -0.25) is 4.99 Å². The second-order valence-electron chi connectivity index (χ2n) is 1.28. The minimum atomic E-state index is 0.102. The van der Waals surface area contributed by atoms with Crippen molar-refractivity contribution in [2.45, 2.75) is 6.29 Å². The van der Waals surface area contributed by atoms with Crippen LogP contribution in [0.15, 0.2) is 4.99 Å². The fourth-order valence-corrected chi connectivity index (χ4v) is 0.400. The molecule has 1 aliphatic heterocycles. The molecule has 0 aromatic carbocycles. The van der Waals surface area contributed by atoms with E-state index in [0.717, 1.165) is 0 Å². The lowest BCUT2D eigenvalue weighted by molar-refractivity contribution is 0.391. The highest BCUT2D eigenvalue weighted by molar-refractivity contribution is 5.24. The summed E-state index contributed by atoms with van der Waals surface area (Å²) in [5, 5.41) is 1.74. The van der Waals surface area contributed by atoms with Crippen LogP contribution >= 0.6 is 0 Å². The predicted octanol–water partition coefficient (Wildman–Crippen LogP) is -1.07. The lowest BCUT2D eigenvalue weighted by Crippen LogP contribution is -2.17. The summed E-state index contributed by atoms with van der Waals surface area (Å²) in [4.78, 5) is 3.65. The Morgan fingerprint density at radius 2 is 2.71 bits per heavy atom. The Balaban J connectivity index is 2.17. The van der Waals surface area contributed by atoms with Crippen molar-refractivity contribution in [3.63, 3.8) is 0 Å². The molecule has 2 atom stereocenters. The van der Waals surface area contributed by atoms with Gasteiger partial charge in [0.1, 0.15) is 0 Å². The second-order valence-corrected chi connectivity index (χ2v) is 1.28. The van der Waals surface area contributed by atoms with Gasteiger partial charge in [-0.1, -0.05) is 0 Å². The smallest absolute Gasteiger partial charge is 0.195 e. The third-order valence-electron chi connectivity index (χ3n) is 0.845. The first-order valence-corrected chi connectivity index (χ1v) is 2.07. The Morgan fingerprint density at radius 3 is 2.86 bits per heavy atom. The van der Waals surface area contributed by atoms with Crippen LogP contribution in [-0.4, -0.2) is 25.2 Å². The highest BCUT2D eigenvalue weighted by Crippen LogP contribution is 2.01. The molecule has 7 heavy (non-hydrogen) atoms. The molecular formula is C3H8N4. The van der Waals surface area contributed by atoms with Crippen LogP contribution < -0.4 is 10.9 Å². The molecule has 2 unspecified atom stereocenters. The number of nitrogens with zero attached hydrogens (tertiary/aromatic N) is 2. The number of hydrazine groups is 2. The molecule has 0 amide bonds. The molecule has 1 rings (SSSR count). The molecule has 0 aliphatic carbocycles. The fourth-order valence-electron chi connectivity index (χ4n) is 0.400. The van der Waals surface area contributed by atoms with E-state index in [4.69, 9.17) is 0 Å². The Kier molecular flexibility index (Phi) is 1.06. The van der Waals surface area contributed by atoms with Crippen molar-refractivity contribution in [3.05, 3.63) is 0 Å². The first kappa shape index (κ1) is 4.70. The van der Waals surface area contributed by atoms with Gasteiger partial charge in [-0.2, -0.15) is 5.43 Å². The molecule has 1 fully saturated rings. The topological polar surface area (TPSA) is 49.3 Å². The number of aliphatic imine (C=N–C) groups is 1. The van der Waals surface area contributed by atoms with Crippen LogP contribution in [0.25, 0.3) is 0 Å². The van der Waals surface area contributed by atoms with E-state index in [2.05, 4.69) is 22.6 Å². The van der Waals surface area contributed by atoms with Crippen molar-refractivity contribution in [1.29, 1.82) is 0 Å². The molecule has 0 bridgehead atoms. The second kappa shape index (κ2) is 1.57. The number of rotatable bonds is 2. The lowest BCUT2D eigenvalue weighted by atomic mass is 11.1. The van der Waals surface area contributed by atoms with Crippen LogP contribution in [0.3, 0.4) is 0 Å². The van der Waals surface area contributed by atoms with Crippen molar-refractivity contribution in [3.8, 4) is 0 Å². The van der Waals surface area contributed by atoms with E-state index in [9.17, 15) is 0 Å². The Hall–Kier alpha value is -0.450. The van der Waals surface area contributed by atoms with Gasteiger partial charge in [0.25, 0.3) is 0 Å². The first-order chi connectivity index (χ1) is 3.38. The molecule has 0 saturated carbocycles. The van der Waals surface area contributed by atoms with Crippen molar-refractivity contribution in [2.24, 2.45) is 4.99 Å². The van der Waals surface area contributed by atoms with Gasteiger partial charge in [-0.25, -0.2) is 5.43 Å². The van der Waals surface area contributed by atoms with Crippen LogP contribution in [0.1, 0.15) is 0 Å². The van der Waals surface area contributed by atoms with Gasteiger partial charge in [0, 0.05) is 7.05 Å². The maximum atomic E-state index is 3.65. The maximum Gasteiger partial charge on any atom is 0.195 e. The quantitative estimate of drug-likeness (QED) is 0.343. The number of nitrogens with one attached hydrogen (secondary N) is 2. The minimum absolute atomic E-state index is 0.102. The van der Waals surface area contributed by atoms with Crippen LogP contribution in [-0.2, 0) is 0 Å². The Bertz CT molecular complexity index is 81.0. The zero-order chi connectivity index (χ0) is 5.28. The molecule has 0 radical (unpaired) electrons. The summed E-state index contributed by atoms with van der Waals surface area (Å²) in [5.41, 5.74) is 5.69. The zero-order valence-electron chi connectivity index (χ0n) is 4.18. The highest BCUT2D eigenvalue weighted by Gasteiger charge is 2.29. The van der Waals surface area contributed by atoms with Crippen molar-refractivity contribution < 1.29 is 0 Å².